The van der Waals surface area contributed by atoms with Gasteiger partial charge in [0.25, 0.3) is 5.91 Å². The van der Waals surface area contributed by atoms with Crippen LogP contribution >= 0.6 is 0 Å². The molecule has 7 heteroatoms. The summed E-state index contributed by atoms with van der Waals surface area (Å²) in [5, 5.41) is 7.96. The molecular weight excluding hydrogens is 368 g/mol. The largest absolute Gasteiger partial charge is 0.352 e. The van der Waals surface area contributed by atoms with E-state index in [9.17, 15) is 14.4 Å². The topological polar surface area (TPSA) is 90.5 Å². The Kier molecular flexibility index (Phi) is 8.85. The van der Waals surface area contributed by atoms with Gasteiger partial charge in [0.1, 0.15) is 0 Å². The first-order valence-electron chi connectivity index (χ1n) is 9.62. The third-order valence-electron chi connectivity index (χ3n) is 4.24. The van der Waals surface area contributed by atoms with Crippen molar-refractivity contribution in [2.75, 3.05) is 39.0 Å². The molecule has 0 saturated carbocycles. The Labute approximate surface area is 171 Å². The number of anilines is 1. The summed E-state index contributed by atoms with van der Waals surface area (Å²) in [7, 11) is 3.88. The van der Waals surface area contributed by atoms with Gasteiger partial charge in [0.05, 0.1) is 11.3 Å². The van der Waals surface area contributed by atoms with Crippen LogP contribution in [0, 0.1) is 0 Å². The second-order valence-electron chi connectivity index (χ2n) is 6.90. The van der Waals surface area contributed by atoms with Gasteiger partial charge in [-0.1, -0.05) is 42.5 Å². The molecule has 0 fully saturated rings. The number of benzene rings is 2. The van der Waals surface area contributed by atoms with Crippen molar-refractivity contribution in [1.29, 1.82) is 0 Å². The van der Waals surface area contributed by atoms with E-state index < -0.39 is 11.8 Å². The summed E-state index contributed by atoms with van der Waals surface area (Å²) in [6, 6.07) is 16.5. The van der Waals surface area contributed by atoms with Crippen molar-refractivity contribution < 1.29 is 14.4 Å². The molecule has 29 heavy (non-hydrogen) atoms. The van der Waals surface area contributed by atoms with Crippen molar-refractivity contribution in [1.82, 2.24) is 15.5 Å². The molecular formula is C22H28N4O3. The van der Waals surface area contributed by atoms with E-state index in [0.29, 0.717) is 30.8 Å². The molecule has 0 aliphatic heterocycles. The Bertz CT molecular complexity index is 822. The molecule has 0 aliphatic carbocycles. The minimum atomic E-state index is -0.792. The summed E-state index contributed by atoms with van der Waals surface area (Å²) in [4.78, 5) is 38.6. The van der Waals surface area contributed by atoms with Crippen LogP contribution in [0.15, 0.2) is 54.6 Å². The van der Waals surface area contributed by atoms with Crippen LogP contribution in [-0.2, 0) is 16.0 Å². The fourth-order valence-electron chi connectivity index (χ4n) is 2.71. The van der Waals surface area contributed by atoms with E-state index >= 15 is 0 Å². The first kappa shape index (κ1) is 22.1. The average Bonchev–Trinajstić information content (AvgIpc) is 2.72. The quantitative estimate of drug-likeness (QED) is 0.444. The maximum Gasteiger partial charge on any atom is 0.313 e. The molecule has 154 valence electrons. The van der Waals surface area contributed by atoms with Crippen molar-refractivity contribution >= 4 is 23.4 Å². The third kappa shape index (κ3) is 7.75. The van der Waals surface area contributed by atoms with Gasteiger partial charge < -0.3 is 20.9 Å². The Hall–Kier alpha value is -3.19. The van der Waals surface area contributed by atoms with E-state index in [0.717, 1.165) is 18.5 Å². The predicted octanol–water partition coefficient (Wildman–Crippen LogP) is 1.67. The van der Waals surface area contributed by atoms with Crippen molar-refractivity contribution in [3.05, 3.63) is 65.7 Å². The zero-order chi connectivity index (χ0) is 21.1. The van der Waals surface area contributed by atoms with Crippen LogP contribution in [0.1, 0.15) is 22.3 Å². The zero-order valence-corrected chi connectivity index (χ0v) is 16.9. The van der Waals surface area contributed by atoms with Gasteiger partial charge in [-0.15, -0.1) is 0 Å². The predicted molar refractivity (Wildman–Crippen MR) is 114 cm³/mol. The maximum atomic E-state index is 12.5. The standard InChI is InChI=1S/C22H28N4O3/c1-26(2)16-8-14-23-21(28)22(29)25-19-12-7-6-11-18(19)20(27)24-15-13-17-9-4-3-5-10-17/h3-7,9-12H,8,13-16H2,1-2H3,(H,23,28)(H,24,27)(H,25,29). The van der Waals surface area contributed by atoms with Crippen molar-refractivity contribution in [2.24, 2.45) is 0 Å². The summed E-state index contributed by atoms with van der Waals surface area (Å²) in [5.41, 5.74) is 1.74. The summed E-state index contributed by atoms with van der Waals surface area (Å²) >= 11 is 0. The van der Waals surface area contributed by atoms with E-state index in [1.54, 1.807) is 24.3 Å². The summed E-state index contributed by atoms with van der Waals surface area (Å²) in [6.07, 6.45) is 1.45. The Balaban J connectivity index is 1.87. The summed E-state index contributed by atoms with van der Waals surface area (Å²) in [5.74, 6) is -1.81. The molecule has 2 aromatic rings. The second-order valence-corrected chi connectivity index (χ2v) is 6.90. The van der Waals surface area contributed by atoms with Crippen LogP contribution < -0.4 is 16.0 Å². The highest BCUT2D eigenvalue weighted by atomic mass is 16.2. The zero-order valence-electron chi connectivity index (χ0n) is 16.9. The van der Waals surface area contributed by atoms with Crippen LogP contribution in [0.25, 0.3) is 0 Å². The van der Waals surface area contributed by atoms with Gasteiger partial charge >= 0.3 is 11.8 Å². The van der Waals surface area contributed by atoms with E-state index in [4.69, 9.17) is 0 Å². The highest BCUT2D eigenvalue weighted by molar-refractivity contribution is 6.40. The Morgan fingerprint density at radius 3 is 2.24 bits per heavy atom. The number of nitrogens with one attached hydrogen (secondary N) is 3. The molecule has 2 rings (SSSR count). The van der Waals surface area contributed by atoms with Crippen LogP contribution in [-0.4, -0.2) is 56.4 Å². The van der Waals surface area contributed by atoms with Gasteiger partial charge in [0, 0.05) is 13.1 Å². The lowest BCUT2D eigenvalue weighted by molar-refractivity contribution is -0.136. The molecule has 7 nitrogen and oxygen atoms in total. The highest BCUT2D eigenvalue weighted by Gasteiger charge is 2.17. The lowest BCUT2D eigenvalue weighted by atomic mass is 10.1. The summed E-state index contributed by atoms with van der Waals surface area (Å²) in [6.45, 7) is 1.69. The van der Waals surface area contributed by atoms with Gasteiger partial charge in [-0.05, 0) is 51.2 Å². The lowest BCUT2D eigenvalue weighted by Crippen LogP contribution is -2.37. The van der Waals surface area contributed by atoms with E-state index in [1.165, 1.54) is 0 Å². The summed E-state index contributed by atoms with van der Waals surface area (Å²) < 4.78 is 0. The lowest BCUT2D eigenvalue weighted by Gasteiger charge is -2.12. The minimum Gasteiger partial charge on any atom is -0.352 e. The Morgan fingerprint density at radius 1 is 0.828 bits per heavy atom. The molecule has 0 spiro atoms. The van der Waals surface area contributed by atoms with Crippen LogP contribution in [0.5, 0.6) is 0 Å². The van der Waals surface area contributed by atoms with Crippen molar-refractivity contribution in [3.63, 3.8) is 0 Å². The number of nitrogens with zero attached hydrogens (tertiary/aromatic N) is 1. The van der Waals surface area contributed by atoms with Gasteiger partial charge in [-0.2, -0.15) is 0 Å². The molecule has 0 radical (unpaired) electrons. The van der Waals surface area contributed by atoms with E-state index in [-0.39, 0.29) is 5.91 Å². The van der Waals surface area contributed by atoms with Gasteiger partial charge in [0.2, 0.25) is 0 Å². The number of carbonyl (C=O) groups is 3. The number of rotatable bonds is 9. The maximum absolute atomic E-state index is 12.5. The van der Waals surface area contributed by atoms with Crippen molar-refractivity contribution in [2.45, 2.75) is 12.8 Å². The molecule has 0 bridgehead atoms. The van der Waals surface area contributed by atoms with E-state index in [2.05, 4.69) is 16.0 Å². The second kappa shape index (κ2) is 11.6. The first-order chi connectivity index (χ1) is 14.0. The molecule has 3 amide bonds. The van der Waals surface area contributed by atoms with Crippen LogP contribution in [0.4, 0.5) is 5.69 Å². The fraction of sp³-hybridized carbons (Fsp3) is 0.318. The third-order valence-corrected chi connectivity index (χ3v) is 4.24. The number of hydrogen-bond acceptors (Lipinski definition) is 4. The Morgan fingerprint density at radius 2 is 1.52 bits per heavy atom. The molecule has 0 aromatic heterocycles. The molecule has 0 aliphatic rings. The number of hydrogen-bond donors (Lipinski definition) is 3. The molecule has 0 saturated heterocycles. The monoisotopic (exact) mass is 396 g/mol. The number of carbonyl (C=O) groups excluding carboxylic acids is 3. The molecule has 0 heterocycles. The minimum absolute atomic E-state index is 0.303. The molecule has 3 N–H and O–H groups in total. The highest BCUT2D eigenvalue weighted by Crippen LogP contribution is 2.15. The molecule has 0 atom stereocenters. The van der Waals surface area contributed by atoms with Gasteiger partial charge in [0.15, 0.2) is 0 Å². The van der Waals surface area contributed by atoms with Crippen LogP contribution in [0.2, 0.25) is 0 Å². The molecule has 0 unspecified atom stereocenters. The van der Waals surface area contributed by atoms with Crippen LogP contribution in [0.3, 0.4) is 0 Å². The van der Waals surface area contributed by atoms with Gasteiger partial charge in [-0.3, -0.25) is 14.4 Å². The fourth-order valence-corrected chi connectivity index (χ4v) is 2.71. The number of amides is 3. The number of para-hydroxylation sites is 1. The average molecular weight is 396 g/mol. The normalized spacial score (nSPS) is 10.4. The molecule has 2 aromatic carbocycles. The first-order valence-corrected chi connectivity index (χ1v) is 9.62. The van der Waals surface area contributed by atoms with Crippen molar-refractivity contribution in [3.8, 4) is 0 Å². The SMILES string of the molecule is CN(C)CCCNC(=O)C(=O)Nc1ccccc1C(=O)NCCc1ccccc1. The van der Waals surface area contributed by atoms with Gasteiger partial charge in [-0.25, -0.2) is 0 Å². The van der Waals surface area contributed by atoms with E-state index in [1.807, 2.05) is 49.3 Å². The smallest absolute Gasteiger partial charge is 0.313 e.